The molecule has 0 aliphatic carbocycles. The highest BCUT2D eigenvalue weighted by atomic mass is 32.1. The van der Waals surface area contributed by atoms with Crippen molar-refractivity contribution < 1.29 is 14.3 Å². The van der Waals surface area contributed by atoms with Crippen molar-refractivity contribution in [3.8, 4) is 9.88 Å². The van der Waals surface area contributed by atoms with Crippen LogP contribution < -0.4 is 5.32 Å². The predicted octanol–water partition coefficient (Wildman–Crippen LogP) is 5.17. The smallest absolute Gasteiger partial charge is 0.358 e. The molecule has 6 nitrogen and oxygen atoms in total. The second kappa shape index (κ2) is 9.29. The third-order valence-electron chi connectivity index (χ3n) is 4.04. The van der Waals surface area contributed by atoms with E-state index in [-0.39, 0.29) is 24.6 Å². The zero-order valence-electron chi connectivity index (χ0n) is 16.0. The molecule has 1 N–H and O–H groups in total. The van der Waals surface area contributed by atoms with E-state index in [1.54, 1.807) is 22.1 Å². The van der Waals surface area contributed by atoms with Crippen LogP contribution >= 0.6 is 34.0 Å². The lowest BCUT2D eigenvalue weighted by Gasteiger charge is -2.04. The fourth-order valence-corrected chi connectivity index (χ4v) is 4.95. The van der Waals surface area contributed by atoms with Gasteiger partial charge in [-0.15, -0.1) is 34.0 Å². The van der Waals surface area contributed by atoms with Crippen molar-refractivity contribution in [2.24, 2.45) is 0 Å². The Morgan fingerprint density at radius 3 is 2.63 bits per heavy atom. The van der Waals surface area contributed by atoms with E-state index in [4.69, 9.17) is 4.74 Å². The number of esters is 1. The van der Waals surface area contributed by atoms with Crippen molar-refractivity contribution in [1.29, 1.82) is 0 Å². The van der Waals surface area contributed by atoms with E-state index in [0.29, 0.717) is 10.7 Å². The maximum absolute atomic E-state index is 12.2. The third kappa shape index (κ3) is 5.18. The summed E-state index contributed by atoms with van der Waals surface area (Å²) in [7, 11) is 0. The molecule has 0 saturated heterocycles. The molecule has 0 atom stereocenters. The molecule has 1 aromatic carbocycles. The highest BCUT2D eigenvalue weighted by molar-refractivity contribution is 7.20. The van der Waals surface area contributed by atoms with E-state index in [1.165, 1.54) is 22.7 Å². The molecule has 152 valence electrons. The zero-order chi connectivity index (χ0) is 20.9. The Balaban J connectivity index is 1.28. The number of nitrogens with zero attached hydrogens (tertiary/aromatic N) is 2. The molecule has 0 saturated carbocycles. The molecule has 0 fully saturated rings. The van der Waals surface area contributed by atoms with Gasteiger partial charge in [0.1, 0.15) is 16.6 Å². The van der Waals surface area contributed by atoms with Crippen LogP contribution in [0.15, 0.2) is 52.5 Å². The van der Waals surface area contributed by atoms with Crippen LogP contribution in [0.5, 0.6) is 0 Å². The first-order valence-electron chi connectivity index (χ1n) is 9.03. The number of hydrogen-bond acceptors (Lipinski definition) is 8. The molecule has 0 aliphatic rings. The number of thiazole rings is 2. The maximum atomic E-state index is 12.2. The minimum Gasteiger partial charge on any atom is -0.454 e. The Morgan fingerprint density at radius 1 is 1.03 bits per heavy atom. The molecule has 0 bridgehead atoms. The number of benzene rings is 1. The van der Waals surface area contributed by atoms with Gasteiger partial charge in [-0.25, -0.2) is 14.8 Å². The molecular formula is C21H17N3O3S3. The van der Waals surface area contributed by atoms with E-state index < -0.39 is 5.97 Å². The second-order valence-corrected chi connectivity index (χ2v) is 9.16. The molecule has 4 rings (SSSR count). The second-order valence-electron chi connectivity index (χ2n) is 6.41. The number of nitrogens with one attached hydrogen (secondary N) is 1. The lowest BCUT2D eigenvalue weighted by Crippen LogP contribution is -2.14. The summed E-state index contributed by atoms with van der Waals surface area (Å²) < 4.78 is 5.32. The van der Waals surface area contributed by atoms with E-state index in [2.05, 4.69) is 15.3 Å². The number of hydrogen-bond donors (Lipinski definition) is 1. The Bertz CT molecular complexity index is 1150. The molecular weight excluding hydrogens is 438 g/mol. The Morgan fingerprint density at radius 2 is 1.87 bits per heavy atom. The number of carbonyl (C=O) groups is 2. The quantitative estimate of drug-likeness (QED) is 0.389. The van der Waals surface area contributed by atoms with Crippen LogP contribution in [0, 0.1) is 6.92 Å². The average molecular weight is 456 g/mol. The molecule has 0 spiro atoms. The number of aromatic nitrogens is 2. The average Bonchev–Trinajstić information content (AvgIpc) is 3.49. The number of anilines is 1. The largest absolute Gasteiger partial charge is 0.454 e. The van der Waals surface area contributed by atoms with Crippen LogP contribution in [0.2, 0.25) is 0 Å². The van der Waals surface area contributed by atoms with E-state index in [1.807, 2.05) is 48.7 Å². The van der Waals surface area contributed by atoms with Gasteiger partial charge in [0.25, 0.3) is 0 Å². The first-order chi connectivity index (χ1) is 14.6. The van der Waals surface area contributed by atoms with Gasteiger partial charge >= 0.3 is 5.97 Å². The van der Waals surface area contributed by atoms with Crippen molar-refractivity contribution >= 4 is 51.6 Å². The predicted molar refractivity (Wildman–Crippen MR) is 120 cm³/mol. The molecule has 30 heavy (non-hydrogen) atoms. The summed E-state index contributed by atoms with van der Waals surface area (Å²) in [5.74, 6) is -0.624. The summed E-state index contributed by atoms with van der Waals surface area (Å²) in [5, 5.41) is 9.77. The number of aryl methyl sites for hydroxylation is 1. The Kier molecular flexibility index (Phi) is 6.32. The van der Waals surface area contributed by atoms with Crippen LogP contribution in [0.1, 0.15) is 26.8 Å². The summed E-state index contributed by atoms with van der Waals surface area (Å²) >= 11 is 4.35. The lowest BCUT2D eigenvalue weighted by molar-refractivity contribution is -0.115. The molecule has 4 aromatic rings. The third-order valence-corrected chi connectivity index (χ3v) is 6.82. The van der Waals surface area contributed by atoms with Gasteiger partial charge in [0.15, 0.2) is 5.69 Å². The van der Waals surface area contributed by atoms with Crippen LogP contribution in [-0.2, 0) is 22.6 Å². The van der Waals surface area contributed by atoms with E-state index in [0.717, 1.165) is 21.1 Å². The van der Waals surface area contributed by atoms with Crippen molar-refractivity contribution in [2.45, 2.75) is 20.0 Å². The van der Waals surface area contributed by atoms with Gasteiger partial charge in [-0.3, -0.25) is 4.79 Å². The zero-order valence-corrected chi connectivity index (χ0v) is 18.4. The van der Waals surface area contributed by atoms with Crippen LogP contribution in [0.25, 0.3) is 9.88 Å². The van der Waals surface area contributed by atoms with Gasteiger partial charge in [-0.1, -0.05) is 23.8 Å². The van der Waals surface area contributed by atoms with E-state index in [9.17, 15) is 9.59 Å². The van der Waals surface area contributed by atoms with Gasteiger partial charge in [0, 0.05) is 16.4 Å². The van der Waals surface area contributed by atoms with Crippen molar-refractivity contribution in [3.63, 3.8) is 0 Å². The fraction of sp³-hybridized carbons (Fsp3) is 0.143. The van der Waals surface area contributed by atoms with E-state index >= 15 is 0 Å². The van der Waals surface area contributed by atoms with Gasteiger partial charge in [0.2, 0.25) is 5.91 Å². The Hall–Kier alpha value is -2.88. The highest BCUT2D eigenvalue weighted by Gasteiger charge is 2.15. The molecule has 0 unspecified atom stereocenters. The monoisotopic (exact) mass is 455 g/mol. The van der Waals surface area contributed by atoms with Gasteiger partial charge in [0.05, 0.1) is 17.0 Å². The molecule has 9 heteroatoms. The van der Waals surface area contributed by atoms with Crippen molar-refractivity contribution in [1.82, 2.24) is 9.97 Å². The van der Waals surface area contributed by atoms with Gasteiger partial charge in [-0.05, 0) is 30.5 Å². The standard InChI is InChI=1S/C21H17N3O3S3/c1-13-4-6-14(7-5-13)22-18(25)9-19-23-15(11-29-19)10-27-21(26)16-12-30-20(24-16)17-3-2-8-28-17/h2-8,11-12H,9-10H2,1H3,(H,22,25). The molecule has 1 amide bonds. The number of amides is 1. The normalized spacial score (nSPS) is 10.7. The van der Waals surface area contributed by atoms with Crippen LogP contribution in [0.3, 0.4) is 0 Å². The fourth-order valence-electron chi connectivity index (χ4n) is 2.57. The molecule has 3 aromatic heterocycles. The minimum absolute atomic E-state index is 0.0424. The number of thiophene rings is 1. The molecule has 3 heterocycles. The first-order valence-corrected chi connectivity index (χ1v) is 11.7. The minimum atomic E-state index is -0.485. The summed E-state index contributed by atoms with van der Waals surface area (Å²) in [6, 6.07) is 11.5. The summed E-state index contributed by atoms with van der Waals surface area (Å²) in [4.78, 5) is 34.2. The molecule has 0 radical (unpaired) electrons. The SMILES string of the molecule is Cc1ccc(NC(=O)Cc2nc(COC(=O)c3csc(-c4cccs4)n3)cs2)cc1. The molecule has 0 aliphatic heterocycles. The van der Waals surface area contributed by atoms with Crippen molar-refractivity contribution in [2.75, 3.05) is 5.32 Å². The summed E-state index contributed by atoms with van der Waals surface area (Å²) in [5.41, 5.74) is 2.78. The number of ether oxygens (including phenoxy) is 1. The number of carbonyl (C=O) groups excluding carboxylic acids is 2. The summed E-state index contributed by atoms with van der Waals surface area (Å²) in [6.07, 6.45) is 0.169. The lowest BCUT2D eigenvalue weighted by atomic mass is 10.2. The first kappa shape index (κ1) is 20.4. The van der Waals surface area contributed by atoms with Gasteiger partial charge in [-0.2, -0.15) is 0 Å². The van der Waals surface area contributed by atoms with Crippen LogP contribution in [-0.4, -0.2) is 21.8 Å². The van der Waals surface area contributed by atoms with Crippen LogP contribution in [0.4, 0.5) is 5.69 Å². The maximum Gasteiger partial charge on any atom is 0.358 e. The topological polar surface area (TPSA) is 81.2 Å². The number of rotatable bonds is 7. The van der Waals surface area contributed by atoms with Gasteiger partial charge < -0.3 is 10.1 Å². The van der Waals surface area contributed by atoms with Crippen molar-refractivity contribution in [3.05, 3.63) is 74.5 Å². The Labute approximate surface area is 185 Å². The summed E-state index contributed by atoms with van der Waals surface area (Å²) in [6.45, 7) is 2.04. The highest BCUT2D eigenvalue weighted by Crippen LogP contribution is 2.28.